The average Bonchev–Trinajstić information content (AvgIpc) is 2.48. The molecule has 4 nitrogen and oxygen atoms in total. The molecule has 0 amide bonds. The van der Waals surface area contributed by atoms with E-state index >= 15 is 0 Å². The molecule has 2 saturated heterocycles. The Morgan fingerprint density at radius 2 is 1.80 bits per heavy atom. The van der Waals surface area contributed by atoms with Gasteiger partial charge in [0.25, 0.3) is 0 Å². The number of nitrogens with zero attached hydrogens (tertiary/aromatic N) is 1. The molecule has 5 heteroatoms. The second kappa shape index (κ2) is 5.84. The third kappa shape index (κ3) is 3.22. The van der Waals surface area contributed by atoms with Crippen LogP contribution in [-0.2, 0) is 9.84 Å². The predicted molar refractivity (Wildman–Crippen MR) is 80.4 cm³/mol. The monoisotopic (exact) mass is 294 g/mol. The zero-order chi connectivity index (χ0) is 14.0. The van der Waals surface area contributed by atoms with Crippen LogP contribution < -0.4 is 5.32 Å². The van der Waals surface area contributed by atoms with Gasteiger partial charge in [-0.2, -0.15) is 0 Å². The maximum absolute atomic E-state index is 11.5. The van der Waals surface area contributed by atoms with Crippen molar-refractivity contribution in [2.24, 2.45) is 0 Å². The Kier molecular flexibility index (Phi) is 4.10. The van der Waals surface area contributed by atoms with Gasteiger partial charge >= 0.3 is 0 Å². The molecule has 110 valence electrons. The summed E-state index contributed by atoms with van der Waals surface area (Å²) in [6, 6.07) is 11.3. The first kappa shape index (κ1) is 14.0. The first-order valence-electron chi connectivity index (χ1n) is 7.37. The largest absolute Gasteiger partial charge is 0.308 e. The molecule has 1 N–H and O–H groups in total. The summed E-state index contributed by atoms with van der Waals surface area (Å²) in [4.78, 5) is 2.48. The van der Waals surface area contributed by atoms with Crippen molar-refractivity contribution in [2.45, 2.75) is 24.9 Å². The van der Waals surface area contributed by atoms with Gasteiger partial charge in [-0.1, -0.05) is 30.3 Å². The minimum Gasteiger partial charge on any atom is -0.308 e. The summed E-state index contributed by atoms with van der Waals surface area (Å²) < 4.78 is 23.1. The van der Waals surface area contributed by atoms with Crippen molar-refractivity contribution in [1.82, 2.24) is 10.2 Å². The normalized spacial score (nSPS) is 28.3. The fourth-order valence-corrected chi connectivity index (χ4v) is 4.72. The van der Waals surface area contributed by atoms with E-state index in [4.69, 9.17) is 0 Å². The lowest BCUT2D eigenvalue weighted by Gasteiger charge is -2.40. The minimum atomic E-state index is -2.76. The zero-order valence-electron chi connectivity index (χ0n) is 11.7. The highest BCUT2D eigenvalue weighted by molar-refractivity contribution is 7.91. The molecule has 3 rings (SSSR count). The highest BCUT2D eigenvalue weighted by atomic mass is 32.2. The first-order chi connectivity index (χ1) is 9.64. The van der Waals surface area contributed by atoms with Crippen LogP contribution in [0.25, 0.3) is 0 Å². The van der Waals surface area contributed by atoms with E-state index in [1.54, 1.807) is 0 Å². The van der Waals surface area contributed by atoms with Gasteiger partial charge in [0.15, 0.2) is 0 Å². The molecule has 0 bridgehead atoms. The Bertz CT molecular complexity index is 530. The van der Waals surface area contributed by atoms with Crippen molar-refractivity contribution in [2.75, 3.05) is 31.1 Å². The van der Waals surface area contributed by atoms with E-state index in [1.165, 1.54) is 5.56 Å². The Hall–Kier alpha value is -0.910. The summed E-state index contributed by atoms with van der Waals surface area (Å²) in [5, 5.41) is 3.56. The van der Waals surface area contributed by atoms with Crippen LogP contribution in [0.5, 0.6) is 0 Å². The lowest BCUT2D eigenvalue weighted by molar-refractivity contribution is 0.135. The van der Waals surface area contributed by atoms with Gasteiger partial charge in [0.1, 0.15) is 9.84 Å². The third-order valence-electron chi connectivity index (χ3n) is 4.45. The van der Waals surface area contributed by atoms with E-state index in [9.17, 15) is 8.42 Å². The van der Waals surface area contributed by atoms with Gasteiger partial charge < -0.3 is 5.32 Å². The fourth-order valence-electron chi connectivity index (χ4n) is 3.26. The number of sulfone groups is 1. The molecule has 1 unspecified atom stereocenters. The molecule has 0 spiro atoms. The van der Waals surface area contributed by atoms with Gasteiger partial charge in [-0.3, -0.25) is 4.90 Å². The van der Waals surface area contributed by atoms with Crippen LogP contribution in [0, 0.1) is 0 Å². The maximum atomic E-state index is 11.5. The summed E-state index contributed by atoms with van der Waals surface area (Å²) >= 11 is 0. The van der Waals surface area contributed by atoms with Crippen molar-refractivity contribution in [1.29, 1.82) is 0 Å². The number of benzene rings is 1. The van der Waals surface area contributed by atoms with Crippen molar-refractivity contribution in [3.8, 4) is 0 Å². The summed E-state index contributed by atoms with van der Waals surface area (Å²) in [5.41, 5.74) is 1.32. The molecule has 0 aromatic heterocycles. The molecular weight excluding hydrogens is 272 g/mol. The van der Waals surface area contributed by atoms with Crippen molar-refractivity contribution in [3.63, 3.8) is 0 Å². The quantitative estimate of drug-likeness (QED) is 0.891. The number of rotatable bonds is 2. The predicted octanol–water partition coefficient (Wildman–Crippen LogP) is 1.21. The van der Waals surface area contributed by atoms with E-state index in [2.05, 4.69) is 34.5 Å². The standard InChI is InChI=1S/C15H22N2O2S/c18-20(19)10-6-14(7-11-20)17-9-8-16-15(12-17)13-4-2-1-3-5-13/h1-5,14-16H,6-12H2. The van der Waals surface area contributed by atoms with Crippen LogP contribution in [0.3, 0.4) is 0 Å². The summed E-state index contributed by atoms with van der Waals surface area (Å²) in [5.74, 6) is 0.717. The Morgan fingerprint density at radius 1 is 1.10 bits per heavy atom. The van der Waals surface area contributed by atoms with Gasteiger partial charge in [-0.25, -0.2) is 8.42 Å². The summed E-state index contributed by atoms with van der Waals surface area (Å²) in [6.07, 6.45) is 1.59. The second-order valence-corrected chi connectivity index (χ2v) is 8.10. The van der Waals surface area contributed by atoms with Crippen LogP contribution in [0.2, 0.25) is 0 Å². The van der Waals surface area contributed by atoms with Gasteiger partial charge in [0, 0.05) is 31.7 Å². The van der Waals surface area contributed by atoms with E-state index in [-0.39, 0.29) is 0 Å². The molecule has 0 radical (unpaired) electrons. The van der Waals surface area contributed by atoms with E-state index in [0.29, 0.717) is 23.6 Å². The molecule has 0 saturated carbocycles. The Morgan fingerprint density at radius 3 is 2.50 bits per heavy atom. The summed E-state index contributed by atoms with van der Waals surface area (Å²) in [6.45, 7) is 2.98. The topological polar surface area (TPSA) is 49.4 Å². The minimum absolute atomic E-state index is 0.359. The van der Waals surface area contributed by atoms with Crippen LogP contribution in [-0.4, -0.2) is 50.5 Å². The Labute approximate surface area is 121 Å². The van der Waals surface area contributed by atoms with Gasteiger partial charge in [0.05, 0.1) is 11.5 Å². The average molecular weight is 294 g/mol. The van der Waals surface area contributed by atoms with Gasteiger partial charge in [-0.15, -0.1) is 0 Å². The smallest absolute Gasteiger partial charge is 0.150 e. The summed E-state index contributed by atoms with van der Waals surface area (Å²) in [7, 11) is -2.76. The molecule has 2 aliphatic heterocycles. The molecule has 2 fully saturated rings. The van der Waals surface area contributed by atoms with Crippen LogP contribution in [0.1, 0.15) is 24.4 Å². The molecule has 2 aliphatic rings. The highest BCUT2D eigenvalue weighted by Crippen LogP contribution is 2.23. The number of hydrogen-bond donors (Lipinski definition) is 1. The first-order valence-corrected chi connectivity index (χ1v) is 9.19. The third-order valence-corrected chi connectivity index (χ3v) is 6.16. The van der Waals surface area contributed by atoms with E-state index < -0.39 is 9.84 Å². The highest BCUT2D eigenvalue weighted by Gasteiger charge is 2.31. The number of piperazine rings is 1. The molecule has 0 aliphatic carbocycles. The molecule has 2 heterocycles. The lowest BCUT2D eigenvalue weighted by atomic mass is 10.0. The van der Waals surface area contributed by atoms with E-state index in [0.717, 1.165) is 32.5 Å². The van der Waals surface area contributed by atoms with E-state index in [1.807, 2.05) is 6.07 Å². The van der Waals surface area contributed by atoms with Crippen LogP contribution in [0.4, 0.5) is 0 Å². The number of nitrogens with one attached hydrogen (secondary N) is 1. The van der Waals surface area contributed by atoms with Crippen molar-refractivity contribution in [3.05, 3.63) is 35.9 Å². The molecule has 20 heavy (non-hydrogen) atoms. The Balaban J connectivity index is 1.64. The maximum Gasteiger partial charge on any atom is 0.150 e. The lowest BCUT2D eigenvalue weighted by Crippen LogP contribution is -2.51. The molecular formula is C15H22N2O2S. The zero-order valence-corrected chi connectivity index (χ0v) is 12.5. The molecule has 1 aromatic carbocycles. The SMILES string of the molecule is O=S1(=O)CCC(N2CCNC(c3ccccc3)C2)CC1. The van der Waals surface area contributed by atoms with Gasteiger partial charge in [0.2, 0.25) is 0 Å². The van der Waals surface area contributed by atoms with Crippen molar-refractivity contribution >= 4 is 9.84 Å². The van der Waals surface area contributed by atoms with Crippen LogP contribution >= 0.6 is 0 Å². The second-order valence-electron chi connectivity index (χ2n) is 5.80. The fraction of sp³-hybridized carbons (Fsp3) is 0.600. The van der Waals surface area contributed by atoms with Crippen molar-refractivity contribution < 1.29 is 8.42 Å². The van der Waals surface area contributed by atoms with Crippen LogP contribution in [0.15, 0.2) is 30.3 Å². The molecule has 1 aromatic rings. The van der Waals surface area contributed by atoms with Gasteiger partial charge in [-0.05, 0) is 18.4 Å². The number of hydrogen-bond acceptors (Lipinski definition) is 4. The molecule has 1 atom stereocenters.